The minimum atomic E-state index is 0.916. The molecule has 2 aliphatic heterocycles. The molecule has 2 N–H and O–H groups in total. The summed E-state index contributed by atoms with van der Waals surface area (Å²) in [5.74, 6) is 0. The van der Waals surface area contributed by atoms with Crippen LogP contribution in [0.5, 0.6) is 0 Å². The summed E-state index contributed by atoms with van der Waals surface area (Å²) in [6, 6.07) is 33.5. The lowest BCUT2D eigenvalue weighted by molar-refractivity contribution is 1.29. The minimum Gasteiger partial charge on any atom is -0.354 e. The number of hydrogen-bond acceptors (Lipinski definition) is 2. The van der Waals surface area contributed by atoms with E-state index in [0.717, 1.165) is 94.7 Å². The van der Waals surface area contributed by atoms with Gasteiger partial charge in [-0.1, -0.05) is 95.1 Å². The first-order valence-electron chi connectivity index (χ1n) is 19.7. The molecule has 4 nitrogen and oxygen atoms in total. The van der Waals surface area contributed by atoms with Crippen LogP contribution in [0.3, 0.4) is 0 Å². The molecule has 0 radical (unpaired) electrons. The second kappa shape index (κ2) is 14.1. The molecule has 1 atom stereocenters. The molecule has 280 valence electrons. The third-order valence-electron chi connectivity index (χ3n) is 11.5. The van der Waals surface area contributed by atoms with Crippen molar-refractivity contribution >= 4 is 60.9 Å². The molecule has 0 saturated carbocycles. The van der Waals surface area contributed by atoms with Gasteiger partial charge in [0.25, 0.3) is 0 Å². The Hall–Kier alpha value is -6.09. The first-order chi connectivity index (χ1) is 27.4. The standard InChI is InChI=1S/C52H47N4P/c1-28-9-13-36(32(5)23-28)48-40-17-18-41(53-40)49(37-14-10-29(2)24-33(37)6)43-21-22-45(55-43)51(39-16-12-31(4)26-35(39)8)52-47(57)27-46(56-52)50(44-20-19-42(48)54-44)38-15-11-30(3)25-34(38)7/h9-27,53,56H,57H2,1-8H3. The summed E-state index contributed by atoms with van der Waals surface area (Å²) in [4.78, 5) is 19.0. The molecular weight excluding hydrogens is 712 g/mol. The second-order valence-electron chi connectivity index (χ2n) is 16.0. The van der Waals surface area contributed by atoms with Crippen LogP contribution in [-0.4, -0.2) is 19.9 Å². The van der Waals surface area contributed by atoms with Gasteiger partial charge in [0.15, 0.2) is 0 Å². The van der Waals surface area contributed by atoms with Crippen LogP contribution in [0.1, 0.15) is 67.3 Å². The molecule has 5 heterocycles. The molecule has 9 rings (SSSR count). The third-order valence-corrected chi connectivity index (χ3v) is 12.0. The van der Waals surface area contributed by atoms with E-state index in [1.165, 1.54) is 44.5 Å². The predicted octanol–water partition coefficient (Wildman–Crippen LogP) is 13.3. The number of aryl methyl sites for hydroxylation is 8. The summed E-state index contributed by atoms with van der Waals surface area (Å²) in [6.07, 6.45) is 8.74. The van der Waals surface area contributed by atoms with Gasteiger partial charge in [0.1, 0.15) is 0 Å². The fraction of sp³-hybridized carbons (Fsp3) is 0.154. The Bertz CT molecular complexity index is 3060. The van der Waals surface area contributed by atoms with E-state index in [0.29, 0.717) is 0 Å². The highest BCUT2D eigenvalue weighted by Gasteiger charge is 2.22. The van der Waals surface area contributed by atoms with Crippen LogP contribution in [0.4, 0.5) is 0 Å². The number of rotatable bonds is 4. The molecule has 0 spiro atoms. The highest BCUT2D eigenvalue weighted by atomic mass is 31.0. The van der Waals surface area contributed by atoms with Crippen molar-refractivity contribution < 1.29 is 0 Å². The lowest BCUT2D eigenvalue weighted by atomic mass is 9.97. The SMILES string of the molecule is Cc1ccc(-c2c3nc(c(-c4ccc(C)cc4C)c4cc(P)c([nH]4)c(-c4ccc(C)cc4C)c4nc(c(-c5ccc(C)cc5C)c5ccc2[nH]5)C=C4)C=C3)c(C)c1. The van der Waals surface area contributed by atoms with Gasteiger partial charge in [-0.05, 0) is 148 Å². The quantitative estimate of drug-likeness (QED) is 0.176. The van der Waals surface area contributed by atoms with E-state index in [2.05, 4.69) is 190 Å². The average molecular weight is 759 g/mol. The Morgan fingerprint density at radius 3 is 1.07 bits per heavy atom. The maximum atomic E-state index is 5.55. The Morgan fingerprint density at radius 2 is 0.702 bits per heavy atom. The molecule has 5 heteroatoms. The summed E-state index contributed by atoms with van der Waals surface area (Å²) in [6.45, 7) is 17.4. The predicted molar refractivity (Wildman–Crippen MR) is 248 cm³/mol. The van der Waals surface area contributed by atoms with Crippen molar-refractivity contribution in [2.24, 2.45) is 0 Å². The number of H-pyrrole nitrogens is 2. The van der Waals surface area contributed by atoms with Crippen LogP contribution in [0.2, 0.25) is 0 Å². The van der Waals surface area contributed by atoms with Gasteiger partial charge in [-0.3, -0.25) is 0 Å². The maximum absolute atomic E-state index is 5.55. The van der Waals surface area contributed by atoms with Crippen molar-refractivity contribution in [3.8, 4) is 44.5 Å². The highest BCUT2D eigenvalue weighted by molar-refractivity contribution is 7.28. The van der Waals surface area contributed by atoms with Crippen molar-refractivity contribution in [2.45, 2.75) is 55.4 Å². The van der Waals surface area contributed by atoms with Crippen molar-refractivity contribution in [1.29, 1.82) is 0 Å². The fourth-order valence-electron chi connectivity index (χ4n) is 8.82. The molecular formula is C52H47N4P. The number of fused-ring (bicyclic) bond motifs is 8. The summed E-state index contributed by atoms with van der Waals surface area (Å²) >= 11 is 0. The first-order valence-corrected chi connectivity index (χ1v) is 20.3. The zero-order valence-corrected chi connectivity index (χ0v) is 35.1. The van der Waals surface area contributed by atoms with Crippen molar-refractivity contribution in [3.63, 3.8) is 0 Å². The molecule has 57 heavy (non-hydrogen) atoms. The number of benzene rings is 4. The molecule has 0 amide bonds. The highest BCUT2D eigenvalue weighted by Crippen LogP contribution is 2.40. The Kier molecular flexibility index (Phi) is 9.06. The number of nitrogens with zero attached hydrogens (tertiary/aromatic N) is 2. The monoisotopic (exact) mass is 758 g/mol. The fourth-order valence-corrected chi connectivity index (χ4v) is 9.20. The van der Waals surface area contributed by atoms with E-state index in [4.69, 9.17) is 9.97 Å². The van der Waals surface area contributed by atoms with E-state index in [1.54, 1.807) is 0 Å². The van der Waals surface area contributed by atoms with Crippen LogP contribution in [0.15, 0.2) is 91.0 Å². The van der Waals surface area contributed by atoms with E-state index >= 15 is 0 Å². The van der Waals surface area contributed by atoms with E-state index in [1.807, 2.05) is 0 Å². The molecule has 0 saturated heterocycles. The van der Waals surface area contributed by atoms with Crippen LogP contribution >= 0.6 is 9.24 Å². The first kappa shape index (κ1) is 36.5. The minimum absolute atomic E-state index is 0.916. The summed E-state index contributed by atoms with van der Waals surface area (Å²) in [5.41, 5.74) is 26.3. The number of hydrogen-bond donors (Lipinski definition) is 2. The van der Waals surface area contributed by atoms with Gasteiger partial charge in [0.2, 0.25) is 0 Å². The topological polar surface area (TPSA) is 57.4 Å². The summed E-state index contributed by atoms with van der Waals surface area (Å²) in [5, 5.41) is 1.07. The molecule has 0 fully saturated rings. The Morgan fingerprint density at radius 1 is 0.368 bits per heavy atom. The third kappa shape index (κ3) is 6.49. The molecule has 8 bridgehead atoms. The second-order valence-corrected chi connectivity index (χ2v) is 16.6. The van der Waals surface area contributed by atoms with Crippen molar-refractivity contribution in [1.82, 2.24) is 19.9 Å². The van der Waals surface area contributed by atoms with Crippen molar-refractivity contribution in [2.75, 3.05) is 0 Å². The average Bonchev–Trinajstić information content (AvgIpc) is 3.99. The van der Waals surface area contributed by atoms with E-state index in [-0.39, 0.29) is 0 Å². The zero-order valence-electron chi connectivity index (χ0n) is 33.9. The van der Waals surface area contributed by atoms with E-state index in [9.17, 15) is 0 Å². The Balaban J connectivity index is 1.52. The molecule has 2 aliphatic rings. The molecule has 3 aromatic heterocycles. The van der Waals surface area contributed by atoms with Gasteiger partial charge >= 0.3 is 0 Å². The van der Waals surface area contributed by atoms with Gasteiger partial charge in [-0.25, -0.2) is 9.97 Å². The van der Waals surface area contributed by atoms with Gasteiger partial charge in [-0.2, -0.15) is 0 Å². The zero-order chi connectivity index (χ0) is 39.7. The number of aromatic amines is 2. The molecule has 4 aromatic carbocycles. The largest absolute Gasteiger partial charge is 0.354 e. The summed E-state index contributed by atoms with van der Waals surface area (Å²) in [7, 11) is 3.03. The van der Waals surface area contributed by atoms with Gasteiger partial charge in [0, 0.05) is 38.8 Å². The molecule has 7 aromatic rings. The molecule has 1 unspecified atom stereocenters. The van der Waals surface area contributed by atoms with Crippen LogP contribution < -0.4 is 5.30 Å². The smallest absolute Gasteiger partial charge is 0.0737 e. The normalized spacial score (nSPS) is 12.2. The summed E-state index contributed by atoms with van der Waals surface area (Å²) < 4.78 is 0. The number of nitrogens with one attached hydrogen (secondary N) is 2. The van der Waals surface area contributed by atoms with E-state index < -0.39 is 0 Å². The number of aromatic nitrogens is 4. The van der Waals surface area contributed by atoms with Crippen LogP contribution in [0, 0.1) is 55.4 Å². The molecule has 0 aliphatic carbocycles. The van der Waals surface area contributed by atoms with Gasteiger partial charge < -0.3 is 9.97 Å². The lowest BCUT2D eigenvalue weighted by Gasteiger charge is -2.11. The van der Waals surface area contributed by atoms with Crippen molar-refractivity contribution in [3.05, 3.63) is 158 Å². The van der Waals surface area contributed by atoms with Crippen LogP contribution in [0.25, 0.3) is 90.9 Å². The van der Waals surface area contributed by atoms with Gasteiger partial charge in [-0.15, -0.1) is 9.24 Å². The maximum Gasteiger partial charge on any atom is 0.0737 e. The van der Waals surface area contributed by atoms with Gasteiger partial charge in [0.05, 0.1) is 28.3 Å². The Labute approximate surface area is 337 Å². The van der Waals surface area contributed by atoms with Crippen LogP contribution in [-0.2, 0) is 0 Å². The lowest BCUT2D eigenvalue weighted by Crippen LogP contribution is -1.95.